The van der Waals surface area contributed by atoms with Crippen molar-refractivity contribution in [3.8, 4) is 0 Å². The molecule has 0 bridgehead atoms. The molecule has 0 fully saturated rings. The van der Waals surface area contributed by atoms with E-state index in [1.807, 2.05) is 12.1 Å². The second kappa shape index (κ2) is 3.79. The summed E-state index contributed by atoms with van der Waals surface area (Å²) in [6.45, 7) is 0. The van der Waals surface area contributed by atoms with Gasteiger partial charge in [0.15, 0.2) is 0 Å². The fourth-order valence-corrected chi connectivity index (χ4v) is 2.68. The van der Waals surface area contributed by atoms with Crippen LogP contribution in [0.25, 0.3) is 20.2 Å². The first-order valence-corrected chi connectivity index (χ1v) is 5.05. The Morgan fingerprint density at radius 3 is 2.64 bits per heavy atom. The quantitative estimate of drug-likeness (QED) is 0.479. The molecule has 0 aliphatic carbocycles. The number of hydrogen-bond acceptors (Lipinski definition) is 1. The minimum atomic E-state index is 0. The molecule has 0 saturated heterocycles. The molecule has 1 radical (unpaired) electrons. The molecule has 0 spiro atoms. The SMILES string of the molecule is [LiH].[c]1cccc2c1sc1ccccc12. The summed E-state index contributed by atoms with van der Waals surface area (Å²) in [4.78, 5) is 0. The molecule has 1 heterocycles. The normalized spacial score (nSPS) is 10.3. The zero-order chi connectivity index (χ0) is 8.67. The van der Waals surface area contributed by atoms with Crippen LogP contribution in [0.2, 0.25) is 0 Å². The molecule has 14 heavy (non-hydrogen) atoms. The first-order valence-electron chi connectivity index (χ1n) is 4.23. The number of hydrogen-bond donors (Lipinski definition) is 0. The van der Waals surface area contributed by atoms with Crippen molar-refractivity contribution in [3.63, 3.8) is 0 Å². The summed E-state index contributed by atoms with van der Waals surface area (Å²) in [6.07, 6.45) is 0. The Morgan fingerprint density at radius 2 is 1.71 bits per heavy atom. The van der Waals surface area contributed by atoms with Crippen LogP contribution in [0.5, 0.6) is 0 Å². The van der Waals surface area contributed by atoms with Gasteiger partial charge in [-0.1, -0.05) is 36.4 Å². The van der Waals surface area contributed by atoms with E-state index in [4.69, 9.17) is 0 Å². The molecule has 3 rings (SSSR count). The third-order valence-corrected chi connectivity index (χ3v) is 3.33. The van der Waals surface area contributed by atoms with E-state index in [1.165, 1.54) is 20.2 Å². The summed E-state index contributed by atoms with van der Waals surface area (Å²) in [5, 5.41) is 2.67. The van der Waals surface area contributed by atoms with Crippen LogP contribution < -0.4 is 0 Å². The van der Waals surface area contributed by atoms with Crippen molar-refractivity contribution in [1.82, 2.24) is 0 Å². The third kappa shape index (κ3) is 1.38. The molecular weight excluding hydrogens is 183 g/mol. The van der Waals surface area contributed by atoms with E-state index in [0.717, 1.165) is 0 Å². The maximum atomic E-state index is 3.26. The van der Waals surface area contributed by atoms with Crippen LogP contribution in [-0.2, 0) is 0 Å². The van der Waals surface area contributed by atoms with Gasteiger partial charge in [-0.2, -0.15) is 0 Å². The van der Waals surface area contributed by atoms with Crippen LogP contribution in [0.15, 0.2) is 42.5 Å². The van der Waals surface area contributed by atoms with Gasteiger partial charge in [-0.15, -0.1) is 11.3 Å². The molecule has 0 N–H and O–H groups in total. The Morgan fingerprint density at radius 1 is 0.929 bits per heavy atom. The molecule has 0 aliphatic rings. The summed E-state index contributed by atoms with van der Waals surface area (Å²) in [5.74, 6) is 0. The van der Waals surface area contributed by atoms with Crippen LogP contribution in [0.3, 0.4) is 0 Å². The van der Waals surface area contributed by atoms with Gasteiger partial charge in [-0.05, 0) is 6.07 Å². The maximum absolute atomic E-state index is 3.26. The van der Waals surface area contributed by atoms with E-state index in [2.05, 4.69) is 36.4 Å². The molecule has 1 aromatic heterocycles. The summed E-state index contributed by atoms with van der Waals surface area (Å²) in [6, 6.07) is 17.9. The van der Waals surface area contributed by atoms with Crippen LogP contribution in [0, 0.1) is 6.07 Å². The molecule has 0 unspecified atom stereocenters. The predicted octanol–water partition coefficient (Wildman–Crippen LogP) is 3.21. The van der Waals surface area contributed by atoms with Crippen molar-refractivity contribution >= 4 is 50.4 Å². The molecule has 3 aromatic rings. The Bertz CT molecular complexity index is 518. The minimum Gasteiger partial charge on any atom is -0.135 e. The summed E-state index contributed by atoms with van der Waals surface area (Å²) in [5.41, 5.74) is 0. The zero-order valence-corrected chi connectivity index (χ0v) is 7.77. The fourth-order valence-electron chi connectivity index (χ4n) is 1.61. The van der Waals surface area contributed by atoms with E-state index in [9.17, 15) is 0 Å². The van der Waals surface area contributed by atoms with E-state index in [-0.39, 0.29) is 18.9 Å². The third-order valence-electron chi connectivity index (χ3n) is 2.21. The summed E-state index contributed by atoms with van der Waals surface area (Å²) < 4.78 is 2.60. The second-order valence-electron chi connectivity index (χ2n) is 3.01. The van der Waals surface area contributed by atoms with E-state index in [1.54, 1.807) is 11.3 Å². The minimum absolute atomic E-state index is 0. The van der Waals surface area contributed by atoms with Gasteiger partial charge in [-0.25, -0.2) is 0 Å². The van der Waals surface area contributed by atoms with Crippen molar-refractivity contribution in [1.29, 1.82) is 0 Å². The zero-order valence-electron chi connectivity index (χ0n) is 6.95. The van der Waals surface area contributed by atoms with E-state index < -0.39 is 0 Å². The van der Waals surface area contributed by atoms with Crippen LogP contribution in [-0.4, -0.2) is 18.9 Å². The molecule has 2 aromatic carbocycles. The number of rotatable bonds is 0. The predicted molar refractivity (Wildman–Crippen MR) is 65.3 cm³/mol. The van der Waals surface area contributed by atoms with Gasteiger partial charge >= 0.3 is 18.9 Å². The molecule has 2 heteroatoms. The fraction of sp³-hybridized carbons (Fsp3) is 0. The Hall–Kier alpha value is -0.743. The van der Waals surface area contributed by atoms with Crippen LogP contribution >= 0.6 is 11.3 Å². The smallest absolute Gasteiger partial charge is 0.0434 e. The van der Waals surface area contributed by atoms with Gasteiger partial charge < -0.3 is 0 Å². The molecule has 0 saturated carbocycles. The van der Waals surface area contributed by atoms with Gasteiger partial charge in [0.2, 0.25) is 0 Å². The van der Waals surface area contributed by atoms with Gasteiger partial charge in [0, 0.05) is 26.2 Å². The van der Waals surface area contributed by atoms with E-state index in [0.29, 0.717) is 0 Å². The summed E-state index contributed by atoms with van der Waals surface area (Å²) in [7, 11) is 0. The van der Waals surface area contributed by atoms with Crippen molar-refractivity contribution in [2.45, 2.75) is 0 Å². The monoisotopic (exact) mass is 191 g/mol. The second-order valence-corrected chi connectivity index (χ2v) is 4.06. The average molecular weight is 191 g/mol. The Labute approximate surface area is 98.7 Å². The molecule has 0 amide bonds. The summed E-state index contributed by atoms with van der Waals surface area (Å²) >= 11 is 1.81. The van der Waals surface area contributed by atoms with Crippen molar-refractivity contribution < 1.29 is 0 Å². The largest absolute Gasteiger partial charge is 0.135 e. The first-order chi connectivity index (χ1) is 6.45. The maximum Gasteiger partial charge on any atom is 0.0434 e. The Kier molecular flexibility index (Phi) is 2.65. The van der Waals surface area contributed by atoms with Gasteiger partial charge in [-0.3, -0.25) is 0 Å². The van der Waals surface area contributed by atoms with E-state index >= 15 is 0 Å². The average Bonchev–Trinajstić information content (AvgIpc) is 2.56. The van der Waals surface area contributed by atoms with Crippen LogP contribution in [0.4, 0.5) is 0 Å². The Balaban J connectivity index is 0.000000750. The number of thiophene rings is 1. The van der Waals surface area contributed by atoms with Crippen molar-refractivity contribution in [3.05, 3.63) is 48.5 Å². The molecule has 63 valence electrons. The molecule has 0 atom stereocenters. The van der Waals surface area contributed by atoms with Gasteiger partial charge in [0.1, 0.15) is 0 Å². The number of fused-ring (bicyclic) bond motifs is 3. The first kappa shape index (κ1) is 9.80. The molecular formula is C12H8LiS. The molecule has 0 nitrogen and oxygen atoms in total. The van der Waals surface area contributed by atoms with Crippen molar-refractivity contribution in [2.24, 2.45) is 0 Å². The van der Waals surface area contributed by atoms with Gasteiger partial charge in [0.25, 0.3) is 0 Å². The van der Waals surface area contributed by atoms with Crippen LogP contribution in [0.1, 0.15) is 0 Å². The topological polar surface area (TPSA) is 0 Å². The standard InChI is InChI=1S/C12H7S.Li.H/c1-3-7-11-9(5-1)10-6-2-4-8-12(10)13-11;;/h1-7H;;. The number of benzene rings is 2. The molecule has 0 aliphatic heterocycles. The van der Waals surface area contributed by atoms with Crippen molar-refractivity contribution in [2.75, 3.05) is 0 Å². The van der Waals surface area contributed by atoms with Gasteiger partial charge in [0.05, 0.1) is 0 Å².